The van der Waals surface area contributed by atoms with Gasteiger partial charge in [0.15, 0.2) is 0 Å². The fourth-order valence-corrected chi connectivity index (χ4v) is 5.53. The molecule has 2 N–H and O–H groups in total. The summed E-state index contributed by atoms with van der Waals surface area (Å²) in [5, 5.41) is 12.1. The van der Waals surface area contributed by atoms with E-state index in [2.05, 4.69) is 29.6 Å². The van der Waals surface area contributed by atoms with Gasteiger partial charge in [0.25, 0.3) is 0 Å². The molecule has 3 atom stereocenters. The Balaban J connectivity index is 1.42. The van der Waals surface area contributed by atoms with E-state index in [0.717, 1.165) is 22.3 Å². The van der Waals surface area contributed by atoms with E-state index in [1.807, 2.05) is 30.5 Å². The van der Waals surface area contributed by atoms with Crippen LogP contribution in [-0.2, 0) is 14.3 Å². The Morgan fingerprint density at radius 2 is 1.74 bits per heavy atom. The number of hydrogen-bond acceptors (Lipinski definition) is 5. The van der Waals surface area contributed by atoms with Crippen LogP contribution in [0.15, 0.2) is 48.5 Å². The zero-order chi connectivity index (χ0) is 24.2. The molecule has 1 saturated heterocycles. The Labute approximate surface area is 203 Å². The lowest BCUT2D eigenvalue weighted by Crippen LogP contribution is -2.51. The van der Waals surface area contributed by atoms with E-state index in [1.54, 1.807) is 23.6 Å². The molecule has 180 valence electrons. The van der Waals surface area contributed by atoms with Gasteiger partial charge in [-0.1, -0.05) is 48.5 Å². The van der Waals surface area contributed by atoms with Crippen molar-refractivity contribution in [2.75, 3.05) is 25.2 Å². The zero-order valence-electron chi connectivity index (χ0n) is 19.4. The van der Waals surface area contributed by atoms with Gasteiger partial charge in [0.2, 0.25) is 5.91 Å². The molecule has 2 unspecified atom stereocenters. The number of hydrogen-bond donors (Lipinski definition) is 2. The summed E-state index contributed by atoms with van der Waals surface area (Å²) in [5.41, 5.74) is 4.54. The van der Waals surface area contributed by atoms with E-state index in [0.29, 0.717) is 25.1 Å². The van der Waals surface area contributed by atoms with Gasteiger partial charge in [0.1, 0.15) is 12.6 Å². The number of benzene rings is 2. The maximum Gasteiger partial charge on any atom is 0.407 e. The first-order valence-corrected chi connectivity index (χ1v) is 13.0. The van der Waals surface area contributed by atoms with E-state index in [4.69, 9.17) is 4.74 Å². The van der Waals surface area contributed by atoms with Crippen molar-refractivity contribution >= 4 is 29.7 Å². The smallest absolute Gasteiger partial charge is 0.407 e. The molecule has 1 aliphatic heterocycles. The molecule has 2 aliphatic rings. The number of alkyl carbamates (subject to hydrolysis) is 1. The second kappa shape index (κ2) is 10.5. The number of nitrogens with one attached hydrogen (secondary N) is 1. The van der Waals surface area contributed by atoms with Crippen LogP contribution in [0.5, 0.6) is 0 Å². The number of aliphatic carboxylic acids is 1. The highest BCUT2D eigenvalue weighted by atomic mass is 32.2. The molecule has 1 fully saturated rings. The maximum atomic E-state index is 13.2. The molecular formula is C26H30N2O5S. The van der Waals surface area contributed by atoms with Crippen molar-refractivity contribution in [1.29, 1.82) is 0 Å². The van der Waals surface area contributed by atoms with Crippen molar-refractivity contribution in [3.05, 3.63) is 59.7 Å². The predicted molar refractivity (Wildman–Crippen MR) is 132 cm³/mol. The molecule has 8 heteroatoms. The van der Waals surface area contributed by atoms with E-state index in [9.17, 15) is 19.5 Å². The zero-order valence-corrected chi connectivity index (χ0v) is 20.2. The molecule has 0 radical (unpaired) electrons. The Kier molecular flexibility index (Phi) is 7.46. The SMILES string of the molecule is CSCC[C@@H](NC(=O)OCC1c2ccccc2-c2ccccc21)C(=O)N1CCC(C(=O)O)C1C. The van der Waals surface area contributed by atoms with Crippen molar-refractivity contribution < 1.29 is 24.2 Å². The van der Waals surface area contributed by atoms with Crippen LogP contribution in [0, 0.1) is 5.92 Å². The number of rotatable bonds is 8. The molecule has 34 heavy (non-hydrogen) atoms. The quantitative estimate of drug-likeness (QED) is 0.591. The summed E-state index contributed by atoms with van der Waals surface area (Å²) in [6.45, 7) is 2.30. The van der Waals surface area contributed by atoms with Crippen LogP contribution in [-0.4, -0.2) is 65.2 Å². The molecule has 0 saturated carbocycles. The second-order valence-electron chi connectivity index (χ2n) is 8.81. The lowest BCUT2D eigenvalue weighted by Gasteiger charge is -2.28. The average Bonchev–Trinajstić information content (AvgIpc) is 3.38. The van der Waals surface area contributed by atoms with Crippen molar-refractivity contribution in [2.45, 2.75) is 37.8 Å². The van der Waals surface area contributed by atoms with Crippen LogP contribution in [0.2, 0.25) is 0 Å². The van der Waals surface area contributed by atoms with Crippen molar-refractivity contribution in [2.24, 2.45) is 5.92 Å². The molecular weight excluding hydrogens is 452 g/mol. The number of likely N-dealkylation sites (tertiary alicyclic amines) is 1. The van der Waals surface area contributed by atoms with Gasteiger partial charge in [0.05, 0.1) is 5.92 Å². The summed E-state index contributed by atoms with van der Waals surface area (Å²) >= 11 is 1.58. The number of fused-ring (bicyclic) bond motifs is 3. The molecule has 2 aromatic rings. The number of carbonyl (C=O) groups is 3. The highest BCUT2D eigenvalue weighted by Crippen LogP contribution is 2.44. The number of carbonyl (C=O) groups excluding carboxylic acids is 2. The number of nitrogens with zero attached hydrogens (tertiary/aromatic N) is 1. The largest absolute Gasteiger partial charge is 0.481 e. The second-order valence-corrected chi connectivity index (χ2v) is 9.80. The Morgan fingerprint density at radius 3 is 2.29 bits per heavy atom. The molecule has 0 aromatic heterocycles. The Morgan fingerprint density at radius 1 is 1.12 bits per heavy atom. The first-order chi connectivity index (χ1) is 16.4. The summed E-state index contributed by atoms with van der Waals surface area (Å²) in [5.74, 6) is -1.11. The van der Waals surface area contributed by atoms with Gasteiger partial charge in [-0.15, -0.1) is 0 Å². The minimum atomic E-state index is -0.895. The van der Waals surface area contributed by atoms with Gasteiger partial charge < -0.3 is 20.1 Å². The van der Waals surface area contributed by atoms with E-state index < -0.39 is 30.1 Å². The van der Waals surface area contributed by atoms with Crippen molar-refractivity contribution in [3.63, 3.8) is 0 Å². The highest BCUT2D eigenvalue weighted by Gasteiger charge is 2.40. The molecule has 2 amide bonds. The summed E-state index contributed by atoms with van der Waals surface area (Å²) in [4.78, 5) is 39.0. The number of carboxylic acid groups (broad SMARTS) is 1. The van der Waals surface area contributed by atoms with Gasteiger partial charge in [0, 0.05) is 18.5 Å². The molecule has 1 aliphatic carbocycles. The Bertz CT molecular complexity index is 1030. The van der Waals surface area contributed by atoms with Crippen LogP contribution in [0.1, 0.15) is 36.8 Å². The van der Waals surface area contributed by atoms with Crippen LogP contribution < -0.4 is 5.32 Å². The summed E-state index contributed by atoms with van der Waals surface area (Å²) in [7, 11) is 0. The molecule has 1 heterocycles. The lowest BCUT2D eigenvalue weighted by atomic mass is 9.98. The average molecular weight is 483 g/mol. The van der Waals surface area contributed by atoms with Gasteiger partial charge in [-0.25, -0.2) is 4.79 Å². The summed E-state index contributed by atoms with van der Waals surface area (Å²) in [6, 6.07) is 15.1. The first kappa shape index (κ1) is 24.1. The molecule has 2 aromatic carbocycles. The number of ether oxygens (including phenoxy) is 1. The Hall–Kier alpha value is -3.00. The van der Waals surface area contributed by atoms with Crippen molar-refractivity contribution in [1.82, 2.24) is 10.2 Å². The van der Waals surface area contributed by atoms with Gasteiger partial charge in [-0.3, -0.25) is 9.59 Å². The predicted octanol–water partition coefficient (Wildman–Crippen LogP) is 3.97. The molecule has 7 nitrogen and oxygen atoms in total. The fourth-order valence-electron chi connectivity index (χ4n) is 5.06. The molecule has 0 bridgehead atoms. The third-order valence-corrected chi connectivity index (χ3v) is 7.54. The maximum absolute atomic E-state index is 13.2. The van der Waals surface area contributed by atoms with E-state index >= 15 is 0 Å². The third kappa shape index (κ3) is 4.78. The van der Waals surface area contributed by atoms with Crippen molar-refractivity contribution in [3.8, 4) is 11.1 Å². The van der Waals surface area contributed by atoms with Crippen LogP contribution in [0.3, 0.4) is 0 Å². The monoisotopic (exact) mass is 482 g/mol. The summed E-state index contributed by atoms with van der Waals surface area (Å²) < 4.78 is 5.63. The van der Waals surface area contributed by atoms with Gasteiger partial charge >= 0.3 is 12.1 Å². The number of amides is 2. The van der Waals surface area contributed by atoms with Crippen LogP contribution >= 0.6 is 11.8 Å². The number of carboxylic acids is 1. The normalized spacial score (nSPS) is 19.9. The van der Waals surface area contributed by atoms with Gasteiger partial charge in [-0.05, 0) is 54.0 Å². The first-order valence-electron chi connectivity index (χ1n) is 11.6. The van der Waals surface area contributed by atoms with Crippen LogP contribution in [0.25, 0.3) is 11.1 Å². The minimum Gasteiger partial charge on any atom is -0.481 e. The van der Waals surface area contributed by atoms with Crippen LogP contribution in [0.4, 0.5) is 4.79 Å². The molecule has 4 rings (SSSR count). The lowest BCUT2D eigenvalue weighted by molar-refractivity contribution is -0.143. The van der Waals surface area contributed by atoms with E-state index in [-0.39, 0.29) is 18.4 Å². The third-order valence-electron chi connectivity index (χ3n) is 6.90. The topological polar surface area (TPSA) is 95.9 Å². The summed E-state index contributed by atoms with van der Waals surface area (Å²) in [6.07, 6.45) is 2.17. The van der Waals surface area contributed by atoms with Gasteiger partial charge in [-0.2, -0.15) is 11.8 Å². The highest BCUT2D eigenvalue weighted by molar-refractivity contribution is 7.98. The minimum absolute atomic E-state index is 0.0616. The molecule has 0 spiro atoms. The fraction of sp³-hybridized carbons (Fsp3) is 0.423. The standard InChI is InChI=1S/C26H30N2O5S/c1-16-17(25(30)31)11-13-28(16)24(29)23(12-14-34-2)27-26(32)33-15-22-20-9-5-3-7-18(20)19-8-4-6-10-21(19)22/h3-10,16-17,22-23H,11-15H2,1-2H3,(H,27,32)(H,30,31)/t16?,17?,23-/m1/s1. The van der Waals surface area contributed by atoms with E-state index in [1.165, 1.54) is 0 Å². The number of thioether (sulfide) groups is 1.